The minimum absolute atomic E-state index is 0.0198. The van der Waals surface area contributed by atoms with Crippen LogP contribution in [0.5, 0.6) is 23.0 Å². The molecule has 2 aliphatic heterocycles. The quantitative estimate of drug-likeness (QED) is 0.438. The lowest BCUT2D eigenvalue weighted by molar-refractivity contribution is 0.0714. The first-order chi connectivity index (χ1) is 17.4. The molecule has 1 aromatic heterocycles. The number of ether oxygens (including phenoxy) is 3. The van der Waals surface area contributed by atoms with Crippen LogP contribution in [-0.2, 0) is 6.54 Å². The maximum atomic E-state index is 13.8. The zero-order valence-electron chi connectivity index (χ0n) is 19.7. The standard InChI is InChI=1S/C28H23NO7/c1-3-33-22-12-17(6-7-19(22)30)25-24-26(31)18-10-15(2)4-8-20(18)36-27(24)28(32)29(25)13-16-5-9-21-23(11-16)35-14-34-21/h4-12,25,30H,3,13-14H2,1-2H3. The second-order valence-electron chi connectivity index (χ2n) is 8.86. The van der Waals surface area contributed by atoms with Crippen LogP contribution >= 0.6 is 0 Å². The number of rotatable bonds is 5. The van der Waals surface area contributed by atoms with Crippen molar-refractivity contribution in [3.8, 4) is 23.0 Å². The van der Waals surface area contributed by atoms with Crippen molar-refractivity contribution >= 4 is 16.9 Å². The molecule has 1 N–H and O–H groups in total. The van der Waals surface area contributed by atoms with Gasteiger partial charge in [-0.15, -0.1) is 0 Å². The number of phenols is 1. The van der Waals surface area contributed by atoms with Crippen LogP contribution in [0.3, 0.4) is 0 Å². The molecule has 0 radical (unpaired) electrons. The van der Waals surface area contributed by atoms with E-state index in [1.165, 1.54) is 6.07 Å². The summed E-state index contributed by atoms with van der Waals surface area (Å²) in [6, 6.07) is 14.9. The van der Waals surface area contributed by atoms with Crippen LogP contribution < -0.4 is 19.6 Å². The number of hydrogen-bond acceptors (Lipinski definition) is 7. The first kappa shape index (κ1) is 22.0. The largest absolute Gasteiger partial charge is 0.504 e. The van der Waals surface area contributed by atoms with Gasteiger partial charge in [0.2, 0.25) is 12.6 Å². The first-order valence-electron chi connectivity index (χ1n) is 11.7. The topological polar surface area (TPSA) is 98.4 Å². The van der Waals surface area contributed by atoms with Crippen LogP contribution in [0.4, 0.5) is 0 Å². The van der Waals surface area contributed by atoms with Gasteiger partial charge in [0.15, 0.2) is 28.4 Å². The van der Waals surface area contributed by atoms with Gasteiger partial charge < -0.3 is 28.6 Å². The smallest absolute Gasteiger partial charge is 0.291 e. The zero-order valence-corrected chi connectivity index (χ0v) is 19.7. The van der Waals surface area contributed by atoms with Crippen molar-refractivity contribution in [2.24, 2.45) is 0 Å². The van der Waals surface area contributed by atoms with Gasteiger partial charge in [0.05, 0.1) is 23.6 Å². The minimum Gasteiger partial charge on any atom is -0.504 e. The minimum atomic E-state index is -0.737. The number of aryl methyl sites for hydroxylation is 1. The monoisotopic (exact) mass is 485 g/mol. The van der Waals surface area contributed by atoms with Crippen LogP contribution in [0.2, 0.25) is 0 Å². The number of phenolic OH excluding ortho intramolecular Hbond substituents is 1. The fraction of sp³-hybridized carbons (Fsp3) is 0.214. The molecule has 4 aromatic rings. The SMILES string of the molecule is CCOc1cc(C2c3c(oc4ccc(C)cc4c3=O)C(=O)N2Cc2ccc3c(c2)OCO3)ccc1O. The van der Waals surface area contributed by atoms with E-state index < -0.39 is 11.9 Å². The number of amides is 1. The Morgan fingerprint density at radius 3 is 2.69 bits per heavy atom. The number of aromatic hydroxyl groups is 1. The number of benzene rings is 3. The highest BCUT2D eigenvalue weighted by Crippen LogP contribution is 2.42. The molecule has 8 heteroatoms. The fourth-order valence-corrected chi connectivity index (χ4v) is 4.85. The van der Waals surface area contributed by atoms with E-state index in [4.69, 9.17) is 18.6 Å². The predicted molar refractivity (Wildman–Crippen MR) is 131 cm³/mol. The van der Waals surface area contributed by atoms with Gasteiger partial charge in [-0.25, -0.2) is 0 Å². The molecule has 0 spiro atoms. The van der Waals surface area contributed by atoms with Gasteiger partial charge in [-0.3, -0.25) is 9.59 Å². The van der Waals surface area contributed by atoms with Gasteiger partial charge in [0, 0.05) is 6.54 Å². The number of nitrogens with zero attached hydrogens (tertiary/aromatic N) is 1. The van der Waals surface area contributed by atoms with E-state index in [9.17, 15) is 14.7 Å². The summed E-state index contributed by atoms with van der Waals surface area (Å²) in [7, 11) is 0. The lowest BCUT2D eigenvalue weighted by Crippen LogP contribution is -2.29. The highest BCUT2D eigenvalue weighted by molar-refractivity contribution is 5.99. The summed E-state index contributed by atoms with van der Waals surface area (Å²) in [5.74, 6) is 1.14. The average Bonchev–Trinajstić information content (AvgIpc) is 3.44. The summed E-state index contributed by atoms with van der Waals surface area (Å²) >= 11 is 0. The molecule has 0 bridgehead atoms. The molecule has 6 rings (SSSR count). The Labute approximate surface area is 206 Å². The van der Waals surface area contributed by atoms with Crippen LogP contribution in [0.15, 0.2) is 63.8 Å². The Bertz CT molecular complexity index is 1590. The molecule has 1 unspecified atom stereocenters. The molecule has 1 amide bonds. The molecule has 182 valence electrons. The third-order valence-corrected chi connectivity index (χ3v) is 6.51. The molecule has 3 aromatic carbocycles. The fourth-order valence-electron chi connectivity index (χ4n) is 4.85. The lowest BCUT2D eigenvalue weighted by Gasteiger charge is -2.26. The first-order valence-corrected chi connectivity index (χ1v) is 11.7. The van der Waals surface area contributed by atoms with Crippen molar-refractivity contribution in [1.29, 1.82) is 0 Å². The van der Waals surface area contributed by atoms with Gasteiger partial charge in [0.25, 0.3) is 5.91 Å². The average molecular weight is 485 g/mol. The number of carbonyl (C=O) groups is 1. The third kappa shape index (κ3) is 3.45. The van der Waals surface area contributed by atoms with Crippen molar-refractivity contribution in [3.63, 3.8) is 0 Å². The van der Waals surface area contributed by atoms with Gasteiger partial charge in [-0.2, -0.15) is 0 Å². The molecule has 0 aliphatic carbocycles. The van der Waals surface area contributed by atoms with E-state index in [0.29, 0.717) is 34.6 Å². The second-order valence-corrected chi connectivity index (χ2v) is 8.86. The maximum absolute atomic E-state index is 13.8. The van der Waals surface area contributed by atoms with E-state index >= 15 is 0 Å². The molecule has 0 saturated heterocycles. The predicted octanol–water partition coefficient (Wildman–Crippen LogP) is 4.68. The Hall–Kier alpha value is -4.46. The summed E-state index contributed by atoms with van der Waals surface area (Å²) in [6.45, 7) is 4.41. The van der Waals surface area contributed by atoms with Crippen molar-refractivity contribution in [2.45, 2.75) is 26.4 Å². The Morgan fingerprint density at radius 2 is 1.86 bits per heavy atom. The molecule has 0 fully saturated rings. The van der Waals surface area contributed by atoms with E-state index in [1.54, 1.807) is 35.2 Å². The van der Waals surface area contributed by atoms with Crippen LogP contribution in [0, 0.1) is 6.92 Å². The van der Waals surface area contributed by atoms with Crippen molar-refractivity contribution in [1.82, 2.24) is 4.90 Å². The van der Waals surface area contributed by atoms with Crippen LogP contribution in [0.1, 0.15) is 45.8 Å². The van der Waals surface area contributed by atoms with Gasteiger partial charge >= 0.3 is 0 Å². The third-order valence-electron chi connectivity index (χ3n) is 6.51. The molecule has 0 saturated carbocycles. The van der Waals surface area contributed by atoms with Crippen LogP contribution in [0.25, 0.3) is 11.0 Å². The van der Waals surface area contributed by atoms with Crippen molar-refractivity contribution in [3.05, 3.63) is 92.8 Å². The van der Waals surface area contributed by atoms with Crippen molar-refractivity contribution < 1.29 is 28.5 Å². The van der Waals surface area contributed by atoms with E-state index in [1.807, 2.05) is 32.0 Å². The lowest BCUT2D eigenvalue weighted by atomic mass is 9.97. The maximum Gasteiger partial charge on any atom is 0.291 e. The summed E-state index contributed by atoms with van der Waals surface area (Å²) in [5.41, 5.74) is 2.73. The Kier molecular flexibility index (Phi) is 5.10. The van der Waals surface area contributed by atoms with Crippen molar-refractivity contribution in [2.75, 3.05) is 13.4 Å². The molecule has 1 atom stereocenters. The molecule has 3 heterocycles. The summed E-state index contributed by atoms with van der Waals surface area (Å²) in [5, 5.41) is 10.7. The number of hydrogen-bond donors (Lipinski definition) is 1. The molecule has 2 aliphatic rings. The van der Waals surface area contributed by atoms with Gasteiger partial charge in [-0.05, 0) is 61.4 Å². The Morgan fingerprint density at radius 1 is 1.03 bits per heavy atom. The van der Waals surface area contributed by atoms with Gasteiger partial charge in [0.1, 0.15) is 5.58 Å². The Balaban J connectivity index is 1.53. The normalized spacial score (nSPS) is 16.0. The van der Waals surface area contributed by atoms with Crippen LogP contribution in [-0.4, -0.2) is 29.3 Å². The molecule has 36 heavy (non-hydrogen) atoms. The molecular weight excluding hydrogens is 462 g/mol. The van der Waals surface area contributed by atoms with E-state index in [-0.39, 0.29) is 41.6 Å². The summed E-state index contributed by atoms with van der Waals surface area (Å²) in [4.78, 5) is 29.1. The molecule has 8 nitrogen and oxygen atoms in total. The summed E-state index contributed by atoms with van der Waals surface area (Å²) < 4.78 is 22.5. The van der Waals surface area contributed by atoms with E-state index in [0.717, 1.165) is 11.1 Å². The highest BCUT2D eigenvalue weighted by atomic mass is 16.7. The second kappa shape index (κ2) is 8.34. The molecular formula is C28H23NO7. The van der Waals surface area contributed by atoms with E-state index in [2.05, 4.69) is 0 Å². The number of carbonyl (C=O) groups excluding carboxylic acids is 1. The zero-order chi connectivity index (χ0) is 25.0. The summed E-state index contributed by atoms with van der Waals surface area (Å²) in [6.07, 6.45) is 0. The highest BCUT2D eigenvalue weighted by Gasteiger charge is 2.43. The number of fused-ring (bicyclic) bond motifs is 3. The van der Waals surface area contributed by atoms with Gasteiger partial charge in [-0.1, -0.05) is 23.8 Å².